The van der Waals surface area contributed by atoms with Crippen molar-refractivity contribution in [2.24, 2.45) is 0 Å². The van der Waals surface area contributed by atoms with Gasteiger partial charge in [0.2, 0.25) is 0 Å². The average molecular weight is 172 g/mol. The Bertz CT molecular complexity index is 183. The monoisotopic (exact) mass is 172 g/mol. The van der Waals surface area contributed by atoms with Crippen molar-refractivity contribution in [3.8, 4) is 0 Å². The predicted molar refractivity (Wildman–Crippen MR) is 42.9 cm³/mol. The molecule has 2 N–H and O–H groups in total. The molecule has 0 saturated heterocycles. The highest BCUT2D eigenvalue weighted by atomic mass is 16.4. The van der Waals surface area contributed by atoms with Crippen LogP contribution in [0.1, 0.15) is 25.7 Å². The standard InChI is InChI=1S/C8H12O4/c9-7(10)5-3-1-2-4-6-8(11)12/h1,3H,2,4-6H2,(H,9,10)(H,11,12)/b3-1+. The zero-order chi connectivity index (χ0) is 9.40. The van der Waals surface area contributed by atoms with Crippen LogP contribution in [0, 0.1) is 0 Å². The third-order valence-electron chi connectivity index (χ3n) is 1.22. The van der Waals surface area contributed by atoms with Crippen molar-refractivity contribution in [2.45, 2.75) is 25.7 Å². The first-order chi connectivity index (χ1) is 5.63. The number of unbranched alkanes of at least 4 members (excludes halogenated alkanes) is 1. The summed E-state index contributed by atoms with van der Waals surface area (Å²) in [6, 6.07) is 0. The number of hydrogen-bond acceptors (Lipinski definition) is 2. The van der Waals surface area contributed by atoms with Crippen LogP contribution in [0.15, 0.2) is 12.2 Å². The molecule has 0 aliphatic heterocycles. The van der Waals surface area contributed by atoms with E-state index in [1.807, 2.05) is 0 Å². The number of rotatable bonds is 6. The van der Waals surface area contributed by atoms with E-state index in [-0.39, 0.29) is 12.8 Å². The maximum atomic E-state index is 10.0. The number of hydrogen-bond donors (Lipinski definition) is 2. The van der Waals surface area contributed by atoms with Crippen LogP contribution in [0.3, 0.4) is 0 Å². The van der Waals surface area contributed by atoms with Gasteiger partial charge in [0.05, 0.1) is 6.42 Å². The predicted octanol–water partition coefficient (Wildman–Crippen LogP) is 1.27. The first kappa shape index (κ1) is 10.7. The summed E-state index contributed by atoms with van der Waals surface area (Å²) in [5.74, 6) is -1.69. The Labute approximate surface area is 70.5 Å². The third kappa shape index (κ3) is 8.68. The molecule has 0 aromatic rings. The summed E-state index contributed by atoms with van der Waals surface area (Å²) in [5.41, 5.74) is 0. The molecule has 0 heterocycles. The number of allylic oxidation sites excluding steroid dienone is 1. The number of carbonyl (C=O) groups is 2. The molecule has 0 rings (SSSR count). The topological polar surface area (TPSA) is 74.6 Å². The fraction of sp³-hybridized carbons (Fsp3) is 0.500. The van der Waals surface area contributed by atoms with Crippen molar-refractivity contribution in [3.63, 3.8) is 0 Å². The van der Waals surface area contributed by atoms with Gasteiger partial charge in [-0.25, -0.2) is 0 Å². The molecule has 0 radical (unpaired) electrons. The van der Waals surface area contributed by atoms with Crippen LogP contribution >= 0.6 is 0 Å². The van der Waals surface area contributed by atoms with E-state index in [0.717, 1.165) is 0 Å². The van der Waals surface area contributed by atoms with Crippen molar-refractivity contribution >= 4 is 11.9 Å². The van der Waals surface area contributed by atoms with Crippen LogP contribution in [0.25, 0.3) is 0 Å². The molecule has 12 heavy (non-hydrogen) atoms. The highest BCUT2D eigenvalue weighted by Gasteiger charge is 1.93. The quantitative estimate of drug-likeness (QED) is 0.467. The van der Waals surface area contributed by atoms with E-state index in [2.05, 4.69) is 0 Å². The van der Waals surface area contributed by atoms with E-state index < -0.39 is 11.9 Å². The van der Waals surface area contributed by atoms with Gasteiger partial charge in [-0.15, -0.1) is 0 Å². The third-order valence-corrected chi connectivity index (χ3v) is 1.22. The summed E-state index contributed by atoms with van der Waals surface area (Å²) in [4.78, 5) is 20.0. The first-order valence-electron chi connectivity index (χ1n) is 3.71. The normalized spacial score (nSPS) is 10.3. The van der Waals surface area contributed by atoms with Crippen molar-refractivity contribution in [1.29, 1.82) is 0 Å². The molecule has 4 nitrogen and oxygen atoms in total. The molecule has 0 amide bonds. The Morgan fingerprint density at radius 3 is 2.25 bits per heavy atom. The minimum Gasteiger partial charge on any atom is -0.481 e. The zero-order valence-electron chi connectivity index (χ0n) is 6.69. The van der Waals surface area contributed by atoms with E-state index in [1.54, 1.807) is 6.08 Å². The van der Waals surface area contributed by atoms with Gasteiger partial charge in [0.15, 0.2) is 0 Å². The van der Waals surface area contributed by atoms with E-state index in [9.17, 15) is 9.59 Å². The second-order valence-corrected chi connectivity index (χ2v) is 2.36. The van der Waals surface area contributed by atoms with E-state index in [1.165, 1.54) is 6.08 Å². The largest absolute Gasteiger partial charge is 0.481 e. The minimum atomic E-state index is -0.871. The van der Waals surface area contributed by atoms with E-state index >= 15 is 0 Å². The molecule has 0 atom stereocenters. The van der Waals surface area contributed by atoms with Crippen LogP contribution in [0.5, 0.6) is 0 Å². The van der Waals surface area contributed by atoms with E-state index in [4.69, 9.17) is 10.2 Å². The summed E-state index contributed by atoms with van der Waals surface area (Å²) < 4.78 is 0. The summed E-state index contributed by atoms with van der Waals surface area (Å²) in [5, 5.41) is 16.5. The molecule has 0 bridgehead atoms. The van der Waals surface area contributed by atoms with Crippen LogP contribution in [0.2, 0.25) is 0 Å². The SMILES string of the molecule is O=C(O)C/C=C/CCCC(=O)O. The van der Waals surface area contributed by atoms with Gasteiger partial charge < -0.3 is 10.2 Å². The maximum absolute atomic E-state index is 10.0. The van der Waals surface area contributed by atoms with Crippen LogP contribution in [-0.4, -0.2) is 22.2 Å². The second kappa shape index (κ2) is 6.39. The lowest BCUT2D eigenvalue weighted by Gasteiger charge is -1.89. The molecule has 0 aromatic carbocycles. The molecule has 0 spiro atoms. The van der Waals surface area contributed by atoms with E-state index in [0.29, 0.717) is 12.8 Å². The van der Waals surface area contributed by atoms with Crippen molar-refractivity contribution in [2.75, 3.05) is 0 Å². The minimum absolute atomic E-state index is 0.00702. The number of carboxylic acids is 2. The Balaban J connectivity index is 3.25. The molecular formula is C8H12O4. The summed E-state index contributed by atoms with van der Waals surface area (Å²) in [7, 11) is 0. The lowest BCUT2D eigenvalue weighted by molar-refractivity contribution is -0.137. The van der Waals surface area contributed by atoms with Gasteiger partial charge in [0, 0.05) is 6.42 Å². The van der Waals surface area contributed by atoms with Crippen LogP contribution in [-0.2, 0) is 9.59 Å². The molecule has 68 valence electrons. The summed E-state index contributed by atoms with van der Waals surface area (Å²) in [6.45, 7) is 0. The van der Waals surface area contributed by atoms with Gasteiger partial charge in [-0.3, -0.25) is 9.59 Å². The number of carboxylic acid groups (broad SMARTS) is 2. The van der Waals surface area contributed by atoms with Gasteiger partial charge in [-0.2, -0.15) is 0 Å². The lowest BCUT2D eigenvalue weighted by atomic mass is 10.2. The summed E-state index contributed by atoms with van der Waals surface area (Å²) in [6.07, 6.45) is 4.55. The zero-order valence-corrected chi connectivity index (χ0v) is 6.69. The van der Waals surface area contributed by atoms with Crippen LogP contribution in [0.4, 0.5) is 0 Å². The average Bonchev–Trinajstić information content (AvgIpc) is 1.95. The molecule has 0 aromatic heterocycles. The maximum Gasteiger partial charge on any atom is 0.307 e. The smallest absolute Gasteiger partial charge is 0.307 e. The number of aliphatic carboxylic acids is 2. The molecular weight excluding hydrogens is 160 g/mol. The fourth-order valence-electron chi connectivity index (χ4n) is 0.673. The highest BCUT2D eigenvalue weighted by Crippen LogP contribution is 1.97. The van der Waals surface area contributed by atoms with Crippen molar-refractivity contribution in [1.82, 2.24) is 0 Å². The Kier molecular flexibility index (Phi) is 5.69. The summed E-state index contributed by atoms with van der Waals surface area (Å²) >= 11 is 0. The van der Waals surface area contributed by atoms with Gasteiger partial charge in [0.1, 0.15) is 0 Å². The van der Waals surface area contributed by atoms with Crippen molar-refractivity contribution < 1.29 is 19.8 Å². The first-order valence-corrected chi connectivity index (χ1v) is 3.71. The van der Waals surface area contributed by atoms with Crippen molar-refractivity contribution in [3.05, 3.63) is 12.2 Å². The van der Waals surface area contributed by atoms with Gasteiger partial charge in [0.25, 0.3) is 0 Å². The lowest BCUT2D eigenvalue weighted by Crippen LogP contribution is -1.93. The molecule has 0 fully saturated rings. The molecule has 0 aliphatic carbocycles. The molecule has 0 unspecified atom stereocenters. The highest BCUT2D eigenvalue weighted by molar-refractivity contribution is 5.68. The molecule has 0 aliphatic rings. The second-order valence-electron chi connectivity index (χ2n) is 2.36. The van der Waals surface area contributed by atoms with Gasteiger partial charge in [-0.1, -0.05) is 12.2 Å². The van der Waals surface area contributed by atoms with Crippen LogP contribution < -0.4 is 0 Å². The molecule has 0 saturated carbocycles. The molecule has 4 heteroatoms. The Hall–Kier alpha value is -1.32. The van der Waals surface area contributed by atoms with Gasteiger partial charge >= 0.3 is 11.9 Å². The fourth-order valence-corrected chi connectivity index (χ4v) is 0.673. The van der Waals surface area contributed by atoms with Gasteiger partial charge in [-0.05, 0) is 12.8 Å². The Morgan fingerprint density at radius 2 is 1.75 bits per heavy atom. The Morgan fingerprint density at radius 1 is 1.08 bits per heavy atom.